The largest absolute Gasteiger partial charge is 0.493 e. The summed E-state index contributed by atoms with van der Waals surface area (Å²) in [4.78, 5) is 17.8. The lowest BCUT2D eigenvalue weighted by atomic mass is 9.91. The first-order chi connectivity index (χ1) is 18.1. The fourth-order valence-electron chi connectivity index (χ4n) is 6.39. The predicted octanol–water partition coefficient (Wildman–Crippen LogP) is 7.21. The van der Waals surface area contributed by atoms with E-state index in [1.807, 2.05) is 0 Å². The number of piperidine rings is 1. The van der Waals surface area contributed by atoms with Gasteiger partial charge < -0.3 is 15.0 Å². The second kappa shape index (κ2) is 13.0. The van der Waals surface area contributed by atoms with Gasteiger partial charge in [-0.25, -0.2) is 0 Å². The molecule has 2 bridgehead atoms. The molecule has 0 saturated carbocycles. The number of halogens is 2. The van der Waals surface area contributed by atoms with Crippen LogP contribution in [0, 0.1) is 13.8 Å². The van der Waals surface area contributed by atoms with E-state index in [9.17, 15) is 4.79 Å². The second-order valence-corrected chi connectivity index (χ2v) is 12.3. The van der Waals surface area contributed by atoms with Crippen LogP contribution < -0.4 is 10.1 Å². The van der Waals surface area contributed by atoms with Crippen molar-refractivity contribution in [1.29, 1.82) is 0 Å². The van der Waals surface area contributed by atoms with Crippen LogP contribution in [0.5, 0.6) is 5.75 Å². The molecule has 0 radical (unpaired) electrons. The van der Waals surface area contributed by atoms with Gasteiger partial charge in [0.05, 0.1) is 6.61 Å². The van der Waals surface area contributed by atoms with E-state index in [1.165, 1.54) is 42.4 Å². The van der Waals surface area contributed by atoms with Crippen LogP contribution in [0.2, 0.25) is 10.0 Å². The number of nitrogens with one attached hydrogen (secondary N) is 1. The number of benzene rings is 2. The first kappa shape index (κ1) is 29.2. The number of ether oxygens (including phenoxy) is 1. The Morgan fingerprint density at radius 2 is 1.68 bits per heavy atom. The molecule has 3 unspecified atom stereocenters. The Labute approximate surface area is 238 Å². The van der Waals surface area contributed by atoms with Crippen molar-refractivity contribution in [3.63, 3.8) is 0 Å². The first-order valence-corrected chi connectivity index (χ1v) is 14.8. The van der Waals surface area contributed by atoms with Crippen molar-refractivity contribution in [3.05, 3.63) is 62.6 Å². The molecule has 2 aliphatic heterocycles. The zero-order valence-corrected chi connectivity index (χ0v) is 25.0. The fraction of sp³-hybridized carbons (Fsp3) is 0.581. The van der Waals surface area contributed by atoms with Crippen molar-refractivity contribution in [1.82, 2.24) is 15.1 Å². The zero-order chi connectivity index (χ0) is 27.4. The summed E-state index contributed by atoms with van der Waals surface area (Å²) in [5.74, 6) is 0.914. The van der Waals surface area contributed by atoms with Crippen LogP contribution in [-0.2, 0) is 0 Å². The highest BCUT2D eigenvalue weighted by atomic mass is 35.5. The summed E-state index contributed by atoms with van der Waals surface area (Å²) in [6, 6.07) is 10.9. The van der Waals surface area contributed by atoms with Gasteiger partial charge in [-0.15, -0.1) is 0 Å². The van der Waals surface area contributed by atoms with E-state index in [0.29, 0.717) is 33.7 Å². The monoisotopic (exact) mass is 559 g/mol. The molecule has 3 atom stereocenters. The lowest BCUT2D eigenvalue weighted by Crippen LogP contribution is -2.51. The molecule has 1 N–H and O–H groups in total. The Hall–Kier alpha value is -1.79. The van der Waals surface area contributed by atoms with Crippen LogP contribution in [0.15, 0.2) is 30.3 Å². The molecule has 0 spiro atoms. The van der Waals surface area contributed by atoms with Gasteiger partial charge in [-0.2, -0.15) is 0 Å². The van der Waals surface area contributed by atoms with E-state index >= 15 is 0 Å². The highest BCUT2D eigenvalue weighted by Gasteiger charge is 2.43. The summed E-state index contributed by atoms with van der Waals surface area (Å²) in [7, 11) is 4.24. The highest BCUT2D eigenvalue weighted by molar-refractivity contribution is 6.35. The number of carbonyl (C=O) groups is 1. The van der Waals surface area contributed by atoms with E-state index in [0.717, 1.165) is 38.2 Å². The average molecular weight is 561 g/mol. The van der Waals surface area contributed by atoms with Crippen LogP contribution >= 0.6 is 23.2 Å². The maximum absolute atomic E-state index is 12.9. The quantitative estimate of drug-likeness (QED) is 0.295. The summed E-state index contributed by atoms with van der Waals surface area (Å²) >= 11 is 12.2. The standard InChI is InChI=1S/C31H43Cl2N3O2/c1-20-21(2)30(38-14-8-6-7-13-35(4)5)12-11-29(20)22(3)36-27-9-10-28(36)19-26(18-27)34-31(37)23-15-24(32)17-25(33)16-23/h11-12,15-17,22,26-28H,6-10,13-14,18-19H2,1-5H3,(H,34,37). The average Bonchev–Trinajstić information content (AvgIpc) is 3.12. The Bertz CT molecular complexity index is 1090. The van der Waals surface area contributed by atoms with E-state index in [2.05, 4.69) is 62.1 Å². The maximum Gasteiger partial charge on any atom is 0.251 e. The topological polar surface area (TPSA) is 44.8 Å². The smallest absolute Gasteiger partial charge is 0.251 e. The third kappa shape index (κ3) is 7.04. The Morgan fingerprint density at radius 1 is 1.03 bits per heavy atom. The molecule has 2 fully saturated rings. The van der Waals surface area contributed by atoms with Gasteiger partial charge in [0.25, 0.3) is 5.91 Å². The van der Waals surface area contributed by atoms with Crippen LogP contribution in [0.3, 0.4) is 0 Å². The van der Waals surface area contributed by atoms with Gasteiger partial charge in [-0.3, -0.25) is 9.69 Å². The lowest BCUT2D eigenvalue weighted by molar-refractivity contribution is 0.0689. The van der Waals surface area contributed by atoms with Crippen LogP contribution in [0.1, 0.15) is 85.0 Å². The molecule has 2 aliphatic rings. The molecule has 0 aromatic heterocycles. The summed E-state index contributed by atoms with van der Waals surface area (Å²) < 4.78 is 6.18. The lowest BCUT2D eigenvalue weighted by Gasteiger charge is -2.43. The van der Waals surface area contributed by atoms with Gasteiger partial charge in [0.2, 0.25) is 0 Å². The molecule has 5 nitrogen and oxygen atoms in total. The van der Waals surface area contributed by atoms with Gasteiger partial charge in [-0.05, 0) is 127 Å². The molecule has 2 aromatic carbocycles. The van der Waals surface area contributed by atoms with Crippen molar-refractivity contribution >= 4 is 29.1 Å². The number of fused-ring (bicyclic) bond motifs is 2. The van der Waals surface area contributed by atoms with Gasteiger partial charge in [0.1, 0.15) is 5.75 Å². The number of amides is 1. The number of nitrogens with zero attached hydrogens (tertiary/aromatic N) is 2. The van der Waals surface area contributed by atoms with Gasteiger partial charge >= 0.3 is 0 Å². The Morgan fingerprint density at radius 3 is 2.32 bits per heavy atom. The minimum atomic E-state index is -0.0972. The fourth-order valence-corrected chi connectivity index (χ4v) is 6.92. The SMILES string of the molecule is Cc1c(OCCCCCN(C)C)ccc(C(C)N2C3CCC2CC(NC(=O)c2cc(Cl)cc(Cl)c2)C3)c1C. The van der Waals surface area contributed by atoms with Crippen molar-refractivity contribution in [3.8, 4) is 5.75 Å². The van der Waals surface area contributed by atoms with E-state index < -0.39 is 0 Å². The van der Waals surface area contributed by atoms with Crippen molar-refractivity contribution < 1.29 is 9.53 Å². The molecule has 2 heterocycles. The molecule has 208 valence electrons. The molecular weight excluding hydrogens is 517 g/mol. The minimum Gasteiger partial charge on any atom is -0.493 e. The summed E-state index contributed by atoms with van der Waals surface area (Å²) in [6.45, 7) is 8.66. The third-order valence-electron chi connectivity index (χ3n) is 8.43. The van der Waals surface area contributed by atoms with Crippen molar-refractivity contribution in [2.24, 2.45) is 0 Å². The molecule has 2 saturated heterocycles. The minimum absolute atomic E-state index is 0.0972. The Balaban J connectivity index is 1.35. The number of rotatable bonds is 11. The van der Waals surface area contributed by atoms with Crippen LogP contribution in [0.4, 0.5) is 0 Å². The zero-order valence-electron chi connectivity index (χ0n) is 23.5. The predicted molar refractivity (Wildman–Crippen MR) is 158 cm³/mol. The molecule has 38 heavy (non-hydrogen) atoms. The number of hydrogen-bond donors (Lipinski definition) is 1. The normalized spacial score (nSPS) is 22.1. The summed E-state index contributed by atoms with van der Waals surface area (Å²) in [5, 5.41) is 4.21. The summed E-state index contributed by atoms with van der Waals surface area (Å²) in [6.07, 6.45) is 7.78. The third-order valence-corrected chi connectivity index (χ3v) is 8.87. The van der Waals surface area contributed by atoms with Crippen molar-refractivity contribution in [2.45, 2.75) is 89.9 Å². The molecule has 2 aromatic rings. The van der Waals surface area contributed by atoms with E-state index in [1.54, 1.807) is 18.2 Å². The van der Waals surface area contributed by atoms with Gasteiger partial charge in [0.15, 0.2) is 0 Å². The highest BCUT2D eigenvalue weighted by Crippen LogP contribution is 2.43. The Kier molecular flexibility index (Phi) is 10.0. The number of hydrogen-bond acceptors (Lipinski definition) is 4. The van der Waals surface area contributed by atoms with Crippen molar-refractivity contribution in [2.75, 3.05) is 27.2 Å². The molecule has 7 heteroatoms. The number of carbonyl (C=O) groups excluding carboxylic acids is 1. The number of unbranched alkanes of at least 4 members (excludes halogenated alkanes) is 2. The van der Waals surface area contributed by atoms with Crippen LogP contribution in [0.25, 0.3) is 0 Å². The molecule has 4 rings (SSSR count). The first-order valence-electron chi connectivity index (χ1n) is 14.1. The van der Waals surface area contributed by atoms with Gasteiger partial charge in [-0.1, -0.05) is 29.3 Å². The molecular formula is C31H43Cl2N3O2. The second-order valence-electron chi connectivity index (χ2n) is 11.4. The van der Waals surface area contributed by atoms with Gasteiger partial charge in [0, 0.05) is 39.8 Å². The molecule has 0 aliphatic carbocycles. The molecule has 1 amide bonds. The van der Waals surface area contributed by atoms with E-state index in [-0.39, 0.29) is 11.9 Å². The maximum atomic E-state index is 12.9. The van der Waals surface area contributed by atoms with Crippen LogP contribution in [-0.4, -0.2) is 61.1 Å². The van der Waals surface area contributed by atoms with E-state index in [4.69, 9.17) is 27.9 Å². The summed E-state index contributed by atoms with van der Waals surface area (Å²) in [5.41, 5.74) is 4.48.